The number of hydrogen-bond donors (Lipinski definition) is 1. The number of fused-ring (bicyclic) bond motifs is 1. The summed E-state index contributed by atoms with van der Waals surface area (Å²) >= 11 is -0.750. The van der Waals surface area contributed by atoms with Gasteiger partial charge in [0.2, 0.25) is 0 Å². The number of carbonyl (C=O) groups is 1. The second kappa shape index (κ2) is 8.77. The molecule has 0 aliphatic rings. The normalized spacial score (nSPS) is 9.81. The van der Waals surface area contributed by atoms with E-state index < -0.39 is 17.5 Å². The Labute approximate surface area is 152 Å². The number of benzene rings is 1. The largest absolute Gasteiger partial charge is 0.494 e. The van der Waals surface area contributed by atoms with Gasteiger partial charge < -0.3 is 19.2 Å². The molecule has 0 radical (unpaired) electrons. The van der Waals surface area contributed by atoms with Crippen molar-refractivity contribution in [2.75, 3.05) is 14.2 Å². The van der Waals surface area contributed by atoms with Gasteiger partial charge in [-0.15, -0.1) is 0 Å². The van der Waals surface area contributed by atoms with Crippen molar-refractivity contribution >= 4 is 28.4 Å². The van der Waals surface area contributed by atoms with Crippen molar-refractivity contribution in [3.8, 4) is 17.2 Å². The van der Waals surface area contributed by atoms with E-state index in [9.17, 15) is 4.79 Å². The Hall–Kier alpha value is -3.20. The number of ether oxygens (including phenoxy) is 3. The van der Waals surface area contributed by atoms with Crippen LogP contribution < -0.4 is 9.47 Å². The van der Waals surface area contributed by atoms with E-state index >= 15 is 0 Å². The molecule has 0 atom stereocenters. The lowest BCUT2D eigenvalue weighted by molar-refractivity contribution is 0.0595. The van der Waals surface area contributed by atoms with Gasteiger partial charge in [-0.05, 0) is 31.2 Å². The van der Waals surface area contributed by atoms with Gasteiger partial charge in [-0.25, -0.2) is 4.79 Å². The maximum absolute atomic E-state index is 11.7. The van der Waals surface area contributed by atoms with Crippen LogP contribution in [0.4, 0.5) is 0 Å². The standard InChI is InChI=1S/C17H16N2O4.O2S/c1-10-4-5-12(9-18-10)23-13-6-11-7-14(17(20)22-3)19-16(11)15(8-13)21-2;1-3-2/h4-9,19H,1-3H3;. The summed E-state index contributed by atoms with van der Waals surface area (Å²) in [5.41, 5.74) is 1.98. The average Bonchev–Trinajstić information content (AvgIpc) is 3.07. The number of pyridine rings is 1. The number of hydrogen-bond acceptors (Lipinski definition) is 7. The van der Waals surface area contributed by atoms with Gasteiger partial charge in [0, 0.05) is 17.1 Å². The van der Waals surface area contributed by atoms with Crippen molar-refractivity contribution in [2.24, 2.45) is 0 Å². The first-order valence-corrected chi connectivity index (χ1v) is 8.00. The summed E-state index contributed by atoms with van der Waals surface area (Å²) in [6, 6.07) is 8.98. The summed E-state index contributed by atoms with van der Waals surface area (Å²) < 4.78 is 32.5. The lowest BCUT2D eigenvalue weighted by Gasteiger charge is -2.08. The Morgan fingerprint density at radius 1 is 1.12 bits per heavy atom. The Bertz CT molecular complexity index is 946. The predicted molar refractivity (Wildman–Crippen MR) is 94.2 cm³/mol. The molecule has 8 nitrogen and oxygen atoms in total. The maximum Gasteiger partial charge on any atom is 0.354 e. The molecule has 1 N–H and O–H groups in total. The van der Waals surface area contributed by atoms with E-state index in [0.717, 1.165) is 11.1 Å². The van der Waals surface area contributed by atoms with Crippen molar-refractivity contribution in [3.63, 3.8) is 0 Å². The minimum atomic E-state index is -0.750. The van der Waals surface area contributed by atoms with Gasteiger partial charge in [0.25, 0.3) is 0 Å². The molecule has 0 saturated carbocycles. The smallest absolute Gasteiger partial charge is 0.354 e. The van der Waals surface area contributed by atoms with Crippen LogP contribution in [0.5, 0.6) is 17.2 Å². The summed E-state index contributed by atoms with van der Waals surface area (Å²) in [5, 5.41) is 0.792. The highest BCUT2D eigenvalue weighted by atomic mass is 32.1. The first kappa shape index (κ1) is 19.1. The molecular formula is C17H16N2O6S. The molecule has 0 bridgehead atoms. The van der Waals surface area contributed by atoms with Crippen LogP contribution in [0.15, 0.2) is 36.5 Å². The summed E-state index contributed by atoms with van der Waals surface area (Å²) in [5.74, 6) is 1.36. The third-order valence-corrected chi connectivity index (χ3v) is 3.41. The van der Waals surface area contributed by atoms with Crippen molar-refractivity contribution in [2.45, 2.75) is 6.92 Å². The summed E-state index contributed by atoms with van der Waals surface area (Å²) in [6.07, 6.45) is 1.66. The van der Waals surface area contributed by atoms with Crippen molar-refractivity contribution in [1.82, 2.24) is 9.97 Å². The minimum Gasteiger partial charge on any atom is -0.494 e. The second-order valence-corrected chi connectivity index (χ2v) is 5.21. The SMILES string of the molecule is COC(=O)c1cc2cc(Oc3ccc(C)nc3)cc(OC)c2[nH]1.O=S=O. The number of aryl methyl sites for hydroxylation is 1. The molecule has 0 spiro atoms. The van der Waals surface area contributed by atoms with E-state index in [2.05, 4.69) is 9.97 Å². The zero-order valence-corrected chi connectivity index (χ0v) is 15.1. The average molecular weight is 376 g/mol. The molecule has 136 valence electrons. The van der Waals surface area contributed by atoms with Crippen LogP contribution in [0.3, 0.4) is 0 Å². The summed E-state index contributed by atoms with van der Waals surface area (Å²) in [4.78, 5) is 18.8. The zero-order chi connectivity index (χ0) is 19.1. The molecule has 1 aromatic carbocycles. The first-order valence-electron chi connectivity index (χ1n) is 7.33. The van der Waals surface area contributed by atoms with Gasteiger partial charge in [-0.3, -0.25) is 4.98 Å². The quantitative estimate of drug-likeness (QED) is 0.698. The summed E-state index contributed by atoms with van der Waals surface area (Å²) in [6.45, 7) is 1.91. The van der Waals surface area contributed by atoms with Gasteiger partial charge in [0.05, 0.1) is 25.9 Å². The molecule has 2 heterocycles. The van der Waals surface area contributed by atoms with E-state index in [1.165, 1.54) is 7.11 Å². The maximum atomic E-state index is 11.7. The first-order chi connectivity index (χ1) is 12.5. The van der Waals surface area contributed by atoms with Crippen molar-refractivity contribution in [3.05, 3.63) is 47.9 Å². The minimum absolute atomic E-state index is 0.356. The molecule has 0 aliphatic heterocycles. The number of carbonyl (C=O) groups excluding carboxylic acids is 1. The Kier molecular flexibility index (Phi) is 6.45. The van der Waals surface area contributed by atoms with Crippen LogP contribution in [-0.2, 0) is 16.3 Å². The second-order valence-electron chi connectivity index (χ2n) is 5.07. The van der Waals surface area contributed by atoms with Crippen LogP contribution in [0.25, 0.3) is 10.9 Å². The van der Waals surface area contributed by atoms with Crippen molar-refractivity contribution < 1.29 is 27.4 Å². The van der Waals surface area contributed by atoms with Gasteiger partial charge >= 0.3 is 17.5 Å². The highest BCUT2D eigenvalue weighted by molar-refractivity contribution is 7.51. The van der Waals surface area contributed by atoms with Crippen LogP contribution >= 0.6 is 0 Å². The highest BCUT2D eigenvalue weighted by Crippen LogP contribution is 2.33. The molecular weight excluding hydrogens is 360 g/mol. The van der Waals surface area contributed by atoms with E-state index in [1.54, 1.807) is 25.4 Å². The number of methoxy groups -OCH3 is 2. The van der Waals surface area contributed by atoms with Crippen molar-refractivity contribution in [1.29, 1.82) is 0 Å². The monoisotopic (exact) mass is 376 g/mol. The molecule has 0 unspecified atom stereocenters. The molecule has 0 saturated heterocycles. The number of H-pyrrole nitrogens is 1. The Morgan fingerprint density at radius 2 is 1.85 bits per heavy atom. The topological polar surface area (TPSA) is 108 Å². The van der Waals surface area contributed by atoms with E-state index in [0.29, 0.717) is 28.5 Å². The number of nitrogens with zero attached hydrogens (tertiary/aromatic N) is 1. The molecule has 3 rings (SSSR count). The van der Waals surface area contributed by atoms with Gasteiger partial charge in [0.1, 0.15) is 22.9 Å². The number of esters is 1. The van der Waals surface area contributed by atoms with E-state index in [-0.39, 0.29) is 0 Å². The third-order valence-electron chi connectivity index (χ3n) is 3.41. The molecule has 9 heteroatoms. The number of nitrogens with one attached hydrogen (secondary N) is 1. The zero-order valence-electron chi connectivity index (χ0n) is 14.3. The van der Waals surface area contributed by atoms with E-state index in [4.69, 9.17) is 22.6 Å². The molecule has 0 amide bonds. The van der Waals surface area contributed by atoms with Crippen LogP contribution in [0.1, 0.15) is 16.2 Å². The summed E-state index contributed by atoms with van der Waals surface area (Å²) in [7, 11) is 2.90. The fourth-order valence-corrected chi connectivity index (χ4v) is 2.28. The third kappa shape index (κ3) is 4.45. The van der Waals surface area contributed by atoms with Crippen LogP contribution in [-0.4, -0.2) is 38.6 Å². The van der Waals surface area contributed by atoms with Gasteiger partial charge in [-0.2, -0.15) is 8.42 Å². The molecule has 26 heavy (non-hydrogen) atoms. The molecule has 0 fully saturated rings. The number of rotatable bonds is 4. The molecule has 0 aliphatic carbocycles. The number of aromatic amines is 1. The van der Waals surface area contributed by atoms with E-state index in [1.807, 2.05) is 25.1 Å². The van der Waals surface area contributed by atoms with Crippen LogP contribution in [0.2, 0.25) is 0 Å². The fourth-order valence-electron chi connectivity index (χ4n) is 2.28. The Morgan fingerprint density at radius 3 is 2.42 bits per heavy atom. The lowest BCUT2D eigenvalue weighted by atomic mass is 10.2. The van der Waals surface area contributed by atoms with Gasteiger partial charge in [0.15, 0.2) is 0 Å². The number of aromatic nitrogens is 2. The van der Waals surface area contributed by atoms with Crippen LogP contribution in [0, 0.1) is 6.92 Å². The molecule has 3 aromatic rings. The predicted octanol–water partition coefficient (Wildman–Crippen LogP) is 2.79. The highest BCUT2D eigenvalue weighted by Gasteiger charge is 2.14. The molecule has 2 aromatic heterocycles. The van der Waals surface area contributed by atoms with Gasteiger partial charge in [-0.1, -0.05) is 0 Å². The fraction of sp³-hybridized carbons (Fsp3) is 0.176. The lowest BCUT2D eigenvalue weighted by Crippen LogP contribution is -2.00. The Balaban J connectivity index is 0.000000758.